The van der Waals surface area contributed by atoms with Gasteiger partial charge < -0.3 is 5.32 Å². The Morgan fingerprint density at radius 3 is 2.31 bits per heavy atom. The number of hydrogen-bond acceptors (Lipinski definition) is 3. The SMILES string of the molecule is O=C(CN1CCC(C(=O)c2cc(F)ccc2F)CC1)NCCc1ccc(F)cc1. The Labute approximate surface area is 167 Å². The van der Waals surface area contributed by atoms with Gasteiger partial charge in [0.1, 0.15) is 17.5 Å². The second kappa shape index (κ2) is 9.69. The van der Waals surface area contributed by atoms with Crippen LogP contribution in [0.25, 0.3) is 0 Å². The number of ketones is 1. The van der Waals surface area contributed by atoms with Gasteiger partial charge in [-0.25, -0.2) is 13.2 Å². The summed E-state index contributed by atoms with van der Waals surface area (Å²) in [6.07, 6.45) is 1.61. The Morgan fingerprint density at radius 2 is 1.62 bits per heavy atom. The van der Waals surface area contributed by atoms with Crippen molar-refractivity contribution in [1.82, 2.24) is 10.2 Å². The van der Waals surface area contributed by atoms with Crippen molar-refractivity contribution < 1.29 is 22.8 Å². The largest absolute Gasteiger partial charge is 0.355 e. The Hall–Kier alpha value is -2.67. The van der Waals surface area contributed by atoms with Gasteiger partial charge in [0.15, 0.2) is 5.78 Å². The van der Waals surface area contributed by atoms with E-state index >= 15 is 0 Å². The lowest BCUT2D eigenvalue weighted by Gasteiger charge is -2.30. The van der Waals surface area contributed by atoms with Crippen LogP contribution in [0, 0.1) is 23.4 Å². The van der Waals surface area contributed by atoms with Gasteiger partial charge >= 0.3 is 0 Å². The van der Waals surface area contributed by atoms with Gasteiger partial charge in [-0.15, -0.1) is 0 Å². The lowest BCUT2D eigenvalue weighted by molar-refractivity contribution is -0.122. The molecule has 1 N–H and O–H groups in total. The molecule has 1 saturated heterocycles. The van der Waals surface area contributed by atoms with E-state index < -0.39 is 11.6 Å². The van der Waals surface area contributed by atoms with Crippen LogP contribution in [-0.2, 0) is 11.2 Å². The Morgan fingerprint density at radius 1 is 0.966 bits per heavy atom. The molecular weight excluding hydrogens is 381 g/mol. The van der Waals surface area contributed by atoms with Crippen molar-refractivity contribution in [2.75, 3.05) is 26.2 Å². The van der Waals surface area contributed by atoms with E-state index in [9.17, 15) is 22.8 Å². The minimum Gasteiger partial charge on any atom is -0.355 e. The van der Waals surface area contributed by atoms with Crippen LogP contribution in [0.4, 0.5) is 13.2 Å². The number of hydrogen-bond donors (Lipinski definition) is 1. The van der Waals surface area contributed by atoms with E-state index in [0.717, 1.165) is 23.8 Å². The Bertz CT molecular complexity index is 863. The summed E-state index contributed by atoms with van der Waals surface area (Å²) >= 11 is 0. The number of carbonyl (C=O) groups excluding carboxylic acids is 2. The van der Waals surface area contributed by atoms with Crippen LogP contribution in [0.15, 0.2) is 42.5 Å². The first kappa shape index (κ1) is 21.0. The summed E-state index contributed by atoms with van der Waals surface area (Å²) in [7, 11) is 0. The number of Topliss-reactive ketones (excluding diaryl/α,β-unsaturated/α-hetero) is 1. The predicted molar refractivity (Wildman–Crippen MR) is 103 cm³/mol. The molecule has 0 saturated carbocycles. The molecule has 0 bridgehead atoms. The van der Waals surface area contributed by atoms with Crippen molar-refractivity contribution >= 4 is 11.7 Å². The maximum absolute atomic E-state index is 13.8. The molecule has 0 radical (unpaired) electrons. The number of nitrogens with one attached hydrogen (secondary N) is 1. The highest BCUT2D eigenvalue weighted by Gasteiger charge is 2.28. The fourth-order valence-corrected chi connectivity index (χ4v) is 3.52. The third kappa shape index (κ3) is 5.90. The second-order valence-corrected chi connectivity index (χ2v) is 7.27. The Kier molecular flexibility index (Phi) is 7.04. The summed E-state index contributed by atoms with van der Waals surface area (Å²) in [6, 6.07) is 9.04. The van der Waals surface area contributed by atoms with Gasteiger partial charge in [0, 0.05) is 12.5 Å². The molecule has 3 rings (SSSR count). The number of nitrogens with zero attached hydrogens (tertiary/aromatic N) is 1. The van der Waals surface area contributed by atoms with Crippen LogP contribution in [0.2, 0.25) is 0 Å². The van der Waals surface area contributed by atoms with E-state index in [0.29, 0.717) is 38.9 Å². The fourth-order valence-electron chi connectivity index (χ4n) is 3.52. The van der Waals surface area contributed by atoms with Gasteiger partial charge in [0.05, 0.1) is 12.1 Å². The molecule has 1 heterocycles. The van der Waals surface area contributed by atoms with Crippen LogP contribution in [0.3, 0.4) is 0 Å². The fraction of sp³-hybridized carbons (Fsp3) is 0.364. The quantitative estimate of drug-likeness (QED) is 0.720. The minimum absolute atomic E-state index is 0.118. The number of piperidine rings is 1. The lowest BCUT2D eigenvalue weighted by atomic mass is 9.88. The molecule has 1 fully saturated rings. The molecule has 1 aliphatic rings. The van der Waals surface area contributed by atoms with Crippen LogP contribution < -0.4 is 5.32 Å². The summed E-state index contributed by atoms with van der Waals surface area (Å²) in [6.45, 7) is 1.76. The molecule has 0 aliphatic carbocycles. The average Bonchev–Trinajstić information content (AvgIpc) is 2.71. The van der Waals surface area contributed by atoms with Gasteiger partial charge in [0.25, 0.3) is 0 Å². The van der Waals surface area contributed by atoms with Crippen molar-refractivity contribution in [2.24, 2.45) is 5.92 Å². The summed E-state index contributed by atoms with van der Waals surface area (Å²) in [5.41, 5.74) is 0.734. The van der Waals surface area contributed by atoms with Crippen molar-refractivity contribution in [3.05, 3.63) is 71.0 Å². The first-order chi connectivity index (χ1) is 13.9. The van der Waals surface area contributed by atoms with Crippen LogP contribution >= 0.6 is 0 Å². The molecule has 1 amide bonds. The molecule has 154 valence electrons. The summed E-state index contributed by atoms with van der Waals surface area (Å²) in [5.74, 6) is -2.51. The highest BCUT2D eigenvalue weighted by Crippen LogP contribution is 2.23. The highest BCUT2D eigenvalue weighted by atomic mass is 19.1. The van der Waals surface area contributed by atoms with Gasteiger partial charge in [-0.05, 0) is 68.2 Å². The molecular formula is C22H23F3N2O2. The molecule has 0 atom stereocenters. The van der Waals surface area contributed by atoms with Crippen molar-refractivity contribution in [2.45, 2.75) is 19.3 Å². The van der Waals surface area contributed by atoms with E-state index in [1.165, 1.54) is 12.1 Å². The zero-order chi connectivity index (χ0) is 20.8. The lowest BCUT2D eigenvalue weighted by Crippen LogP contribution is -2.43. The van der Waals surface area contributed by atoms with Crippen molar-refractivity contribution in [1.29, 1.82) is 0 Å². The molecule has 2 aromatic carbocycles. The molecule has 0 unspecified atom stereocenters. The smallest absolute Gasteiger partial charge is 0.234 e. The minimum atomic E-state index is -0.709. The van der Waals surface area contributed by atoms with Crippen LogP contribution in [0.5, 0.6) is 0 Å². The van der Waals surface area contributed by atoms with Gasteiger partial charge in [-0.3, -0.25) is 14.5 Å². The molecule has 29 heavy (non-hydrogen) atoms. The highest BCUT2D eigenvalue weighted by molar-refractivity contribution is 5.98. The number of carbonyl (C=O) groups is 2. The van der Waals surface area contributed by atoms with E-state index in [1.807, 2.05) is 4.90 Å². The standard InChI is InChI=1S/C22H23F3N2O2/c23-17-3-1-15(2-4-17)7-10-26-21(28)14-27-11-8-16(9-12-27)22(29)19-13-18(24)5-6-20(19)25/h1-6,13,16H,7-12,14H2,(H,26,28). The number of rotatable bonds is 7. The normalized spacial score (nSPS) is 15.3. The van der Waals surface area contributed by atoms with Gasteiger partial charge in [-0.2, -0.15) is 0 Å². The zero-order valence-electron chi connectivity index (χ0n) is 16.0. The molecule has 7 heteroatoms. The van der Waals surface area contributed by atoms with Crippen molar-refractivity contribution in [3.63, 3.8) is 0 Å². The molecule has 0 spiro atoms. The topological polar surface area (TPSA) is 49.4 Å². The average molecular weight is 404 g/mol. The van der Waals surface area contributed by atoms with Crippen molar-refractivity contribution in [3.8, 4) is 0 Å². The maximum atomic E-state index is 13.8. The van der Waals surface area contributed by atoms with Gasteiger partial charge in [0.2, 0.25) is 5.91 Å². The third-order valence-corrected chi connectivity index (χ3v) is 5.17. The second-order valence-electron chi connectivity index (χ2n) is 7.27. The molecule has 1 aliphatic heterocycles. The van der Waals surface area contributed by atoms with E-state index in [2.05, 4.69) is 5.32 Å². The number of likely N-dealkylation sites (tertiary alicyclic amines) is 1. The van der Waals surface area contributed by atoms with Crippen LogP contribution in [0.1, 0.15) is 28.8 Å². The first-order valence-electron chi connectivity index (χ1n) is 9.65. The number of halogens is 3. The van der Waals surface area contributed by atoms with Gasteiger partial charge in [-0.1, -0.05) is 12.1 Å². The predicted octanol–water partition coefficient (Wildman–Crippen LogP) is 3.36. The molecule has 0 aromatic heterocycles. The Balaban J connectivity index is 1.41. The molecule has 2 aromatic rings. The monoisotopic (exact) mass is 404 g/mol. The van der Waals surface area contributed by atoms with E-state index in [4.69, 9.17) is 0 Å². The molecule has 4 nitrogen and oxygen atoms in total. The summed E-state index contributed by atoms with van der Waals surface area (Å²) < 4.78 is 40.0. The zero-order valence-corrected chi connectivity index (χ0v) is 16.0. The maximum Gasteiger partial charge on any atom is 0.234 e. The first-order valence-corrected chi connectivity index (χ1v) is 9.65. The summed E-state index contributed by atoms with van der Waals surface area (Å²) in [5, 5.41) is 2.83. The van der Waals surface area contributed by atoms with Crippen LogP contribution in [-0.4, -0.2) is 42.8 Å². The van der Waals surface area contributed by atoms with E-state index in [-0.39, 0.29) is 35.5 Å². The van der Waals surface area contributed by atoms with E-state index in [1.54, 1.807) is 12.1 Å². The number of amides is 1. The summed E-state index contributed by atoms with van der Waals surface area (Å²) in [4.78, 5) is 26.5. The third-order valence-electron chi connectivity index (χ3n) is 5.17. The number of benzene rings is 2.